The molecule has 0 aromatic rings. The van der Waals surface area contributed by atoms with Gasteiger partial charge in [-0.3, -0.25) is 4.79 Å². The van der Waals surface area contributed by atoms with E-state index in [2.05, 4.69) is 26.1 Å². The van der Waals surface area contributed by atoms with Gasteiger partial charge in [-0.1, -0.05) is 20.8 Å². The lowest BCUT2D eigenvalue weighted by molar-refractivity contribution is -0.122. The van der Waals surface area contributed by atoms with Gasteiger partial charge in [0.05, 0.1) is 0 Å². The lowest BCUT2D eigenvalue weighted by atomic mass is 9.94. The fourth-order valence-corrected chi connectivity index (χ4v) is 1.91. The molecular weight excluding hydrogens is 228 g/mol. The highest BCUT2D eigenvalue weighted by Crippen LogP contribution is 2.13. The summed E-state index contributed by atoms with van der Waals surface area (Å²) in [5, 5.41) is 2.92. The summed E-state index contributed by atoms with van der Waals surface area (Å²) >= 11 is 0. The molecule has 1 unspecified atom stereocenters. The van der Waals surface area contributed by atoms with Gasteiger partial charge in [0.25, 0.3) is 0 Å². The van der Waals surface area contributed by atoms with Gasteiger partial charge in [0.1, 0.15) is 0 Å². The fourth-order valence-electron chi connectivity index (χ4n) is 1.91. The molecular formula is C14H30N2O2. The van der Waals surface area contributed by atoms with E-state index in [4.69, 9.17) is 10.5 Å². The van der Waals surface area contributed by atoms with Gasteiger partial charge in [-0.05, 0) is 37.6 Å². The van der Waals surface area contributed by atoms with Crippen molar-refractivity contribution in [2.75, 3.05) is 26.3 Å². The highest BCUT2D eigenvalue weighted by atomic mass is 16.5. The first kappa shape index (κ1) is 17.4. The number of carbonyl (C=O) groups excluding carboxylic acids is 1. The Bertz CT molecular complexity index is 208. The monoisotopic (exact) mass is 258 g/mol. The van der Waals surface area contributed by atoms with Crippen molar-refractivity contribution in [1.82, 2.24) is 5.32 Å². The van der Waals surface area contributed by atoms with Crippen molar-refractivity contribution in [3.05, 3.63) is 0 Å². The summed E-state index contributed by atoms with van der Waals surface area (Å²) in [6, 6.07) is 0. The second-order valence-electron chi connectivity index (χ2n) is 5.25. The van der Waals surface area contributed by atoms with E-state index in [0.29, 0.717) is 31.3 Å². The van der Waals surface area contributed by atoms with Crippen LogP contribution in [0.2, 0.25) is 0 Å². The Hall–Kier alpha value is -0.610. The molecule has 108 valence electrons. The number of amides is 1. The van der Waals surface area contributed by atoms with Gasteiger partial charge in [0, 0.05) is 26.2 Å². The number of hydrogen-bond acceptors (Lipinski definition) is 3. The number of nitrogens with two attached hydrogens (primary N) is 1. The van der Waals surface area contributed by atoms with E-state index in [1.165, 1.54) is 0 Å². The number of nitrogens with one attached hydrogen (secondary N) is 1. The first-order chi connectivity index (χ1) is 8.60. The third kappa shape index (κ3) is 10.5. The van der Waals surface area contributed by atoms with Crippen LogP contribution < -0.4 is 11.1 Å². The summed E-state index contributed by atoms with van der Waals surface area (Å²) in [5.74, 6) is 1.01. The van der Waals surface area contributed by atoms with Gasteiger partial charge < -0.3 is 15.8 Å². The third-order valence-corrected chi connectivity index (χ3v) is 2.75. The van der Waals surface area contributed by atoms with Gasteiger partial charge in [0.15, 0.2) is 0 Å². The standard InChI is InChI=1S/C14H30N2O2/c1-4-7-18-8-5-6-16-14(17)10-13(11-15)9-12(2)3/h12-13H,4-11,15H2,1-3H3,(H,16,17). The second-order valence-corrected chi connectivity index (χ2v) is 5.25. The van der Waals surface area contributed by atoms with Crippen LogP contribution in [0.5, 0.6) is 0 Å². The average molecular weight is 258 g/mol. The lowest BCUT2D eigenvalue weighted by Crippen LogP contribution is -2.30. The molecule has 0 aliphatic heterocycles. The second kappa shape index (κ2) is 11.5. The normalized spacial score (nSPS) is 12.7. The Morgan fingerprint density at radius 1 is 1.33 bits per heavy atom. The van der Waals surface area contributed by atoms with Gasteiger partial charge >= 0.3 is 0 Å². The summed E-state index contributed by atoms with van der Waals surface area (Å²) in [6.07, 6.45) is 3.48. The Labute approximate surface area is 112 Å². The number of rotatable bonds is 11. The van der Waals surface area contributed by atoms with E-state index in [0.717, 1.165) is 32.5 Å². The topological polar surface area (TPSA) is 64.3 Å². The summed E-state index contributed by atoms with van der Waals surface area (Å²) in [5.41, 5.74) is 5.68. The van der Waals surface area contributed by atoms with E-state index in [9.17, 15) is 4.79 Å². The minimum absolute atomic E-state index is 0.113. The van der Waals surface area contributed by atoms with Crippen molar-refractivity contribution in [2.45, 2.75) is 46.5 Å². The van der Waals surface area contributed by atoms with E-state index in [1.807, 2.05) is 0 Å². The number of ether oxygens (including phenoxy) is 1. The highest BCUT2D eigenvalue weighted by molar-refractivity contribution is 5.76. The van der Waals surface area contributed by atoms with E-state index >= 15 is 0 Å². The minimum Gasteiger partial charge on any atom is -0.381 e. The van der Waals surface area contributed by atoms with Gasteiger partial charge in [-0.25, -0.2) is 0 Å². The molecule has 0 rings (SSSR count). The fraction of sp³-hybridized carbons (Fsp3) is 0.929. The Morgan fingerprint density at radius 3 is 2.61 bits per heavy atom. The number of hydrogen-bond donors (Lipinski definition) is 2. The third-order valence-electron chi connectivity index (χ3n) is 2.75. The van der Waals surface area contributed by atoms with Crippen LogP contribution >= 0.6 is 0 Å². The molecule has 0 spiro atoms. The maximum absolute atomic E-state index is 11.7. The average Bonchev–Trinajstić information content (AvgIpc) is 2.32. The largest absolute Gasteiger partial charge is 0.381 e. The summed E-state index contributed by atoms with van der Waals surface area (Å²) in [4.78, 5) is 11.7. The Morgan fingerprint density at radius 2 is 2.06 bits per heavy atom. The van der Waals surface area contributed by atoms with E-state index in [-0.39, 0.29) is 5.91 Å². The molecule has 0 heterocycles. The predicted octanol–water partition coefficient (Wildman–Crippen LogP) is 1.93. The molecule has 0 saturated heterocycles. The zero-order chi connectivity index (χ0) is 13.8. The first-order valence-electron chi connectivity index (χ1n) is 7.14. The maximum Gasteiger partial charge on any atom is 0.220 e. The van der Waals surface area contributed by atoms with Crippen molar-refractivity contribution in [3.63, 3.8) is 0 Å². The Kier molecular flexibility index (Phi) is 11.1. The van der Waals surface area contributed by atoms with E-state index < -0.39 is 0 Å². The smallest absolute Gasteiger partial charge is 0.220 e. The molecule has 0 bridgehead atoms. The molecule has 3 N–H and O–H groups in total. The number of carbonyl (C=O) groups is 1. The van der Waals surface area contributed by atoms with E-state index in [1.54, 1.807) is 0 Å². The molecule has 1 amide bonds. The Balaban J connectivity index is 3.56. The van der Waals surface area contributed by atoms with Crippen molar-refractivity contribution in [1.29, 1.82) is 0 Å². The van der Waals surface area contributed by atoms with Crippen LogP contribution in [-0.4, -0.2) is 32.2 Å². The molecule has 0 saturated carbocycles. The van der Waals surface area contributed by atoms with Crippen molar-refractivity contribution >= 4 is 5.91 Å². The van der Waals surface area contributed by atoms with Crippen molar-refractivity contribution in [2.24, 2.45) is 17.6 Å². The van der Waals surface area contributed by atoms with Gasteiger partial charge in [-0.2, -0.15) is 0 Å². The summed E-state index contributed by atoms with van der Waals surface area (Å²) < 4.78 is 5.35. The van der Waals surface area contributed by atoms with Crippen LogP contribution in [0.25, 0.3) is 0 Å². The van der Waals surface area contributed by atoms with Crippen molar-refractivity contribution < 1.29 is 9.53 Å². The molecule has 4 heteroatoms. The SMILES string of the molecule is CCCOCCCNC(=O)CC(CN)CC(C)C. The van der Waals surface area contributed by atoms with Crippen LogP contribution in [0, 0.1) is 11.8 Å². The maximum atomic E-state index is 11.7. The quantitative estimate of drug-likeness (QED) is 0.557. The molecule has 0 aromatic carbocycles. The molecule has 0 aliphatic carbocycles. The van der Waals surface area contributed by atoms with Gasteiger partial charge in [0.2, 0.25) is 5.91 Å². The van der Waals surface area contributed by atoms with Crippen molar-refractivity contribution in [3.8, 4) is 0 Å². The molecule has 4 nitrogen and oxygen atoms in total. The van der Waals surface area contributed by atoms with Crippen LogP contribution in [0.1, 0.15) is 46.5 Å². The summed E-state index contributed by atoms with van der Waals surface area (Å²) in [7, 11) is 0. The van der Waals surface area contributed by atoms with Gasteiger partial charge in [-0.15, -0.1) is 0 Å². The van der Waals surface area contributed by atoms with Crippen LogP contribution in [0.15, 0.2) is 0 Å². The van der Waals surface area contributed by atoms with Crippen LogP contribution in [-0.2, 0) is 9.53 Å². The minimum atomic E-state index is 0.113. The molecule has 0 radical (unpaired) electrons. The first-order valence-corrected chi connectivity index (χ1v) is 7.14. The lowest BCUT2D eigenvalue weighted by Gasteiger charge is -2.16. The molecule has 0 aliphatic rings. The highest BCUT2D eigenvalue weighted by Gasteiger charge is 2.13. The molecule has 18 heavy (non-hydrogen) atoms. The zero-order valence-corrected chi connectivity index (χ0v) is 12.2. The molecule has 0 aromatic heterocycles. The predicted molar refractivity (Wildman–Crippen MR) is 75.4 cm³/mol. The zero-order valence-electron chi connectivity index (χ0n) is 12.2. The summed E-state index contributed by atoms with van der Waals surface area (Å²) in [6.45, 7) is 9.21. The molecule has 1 atom stereocenters. The van der Waals surface area contributed by atoms with Crippen LogP contribution in [0.3, 0.4) is 0 Å². The van der Waals surface area contributed by atoms with Crippen LogP contribution in [0.4, 0.5) is 0 Å². The molecule has 0 fully saturated rings.